The molecule has 0 aliphatic carbocycles. The van der Waals surface area contributed by atoms with E-state index in [1.807, 2.05) is 0 Å². The van der Waals surface area contributed by atoms with Crippen LogP contribution >= 0.6 is 0 Å². The lowest BCUT2D eigenvalue weighted by Gasteiger charge is -2.00. The largest absolute Gasteiger partial charge is 0.356 e. The molecule has 0 radical (unpaired) electrons. The van der Waals surface area contributed by atoms with E-state index in [1.165, 1.54) is 19.1 Å². The first-order valence-electron chi connectivity index (χ1n) is 5.46. The number of carbonyl (C=O) groups excluding carboxylic acids is 1. The van der Waals surface area contributed by atoms with Gasteiger partial charge in [-0.15, -0.1) is 0 Å². The van der Waals surface area contributed by atoms with Gasteiger partial charge in [0.25, 0.3) is 5.69 Å². The second kappa shape index (κ2) is 6.58. The lowest BCUT2D eigenvalue weighted by Crippen LogP contribution is -2.20. The van der Waals surface area contributed by atoms with E-state index in [4.69, 9.17) is 0 Å². The van der Waals surface area contributed by atoms with Crippen molar-refractivity contribution in [3.05, 3.63) is 45.5 Å². The smallest absolute Gasteiger partial charge is 0.279 e. The molecular formula is C12H12F2N2O3. The van der Waals surface area contributed by atoms with Crippen molar-refractivity contribution >= 4 is 17.7 Å². The number of nitro benzene ring substituents is 1. The van der Waals surface area contributed by atoms with Crippen LogP contribution < -0.4 is 5.32 Å². The zero-order valence-electron chi connectivity index (χ0n) is 10.2. The zero-order chi connectivity index (χ0) is 14.4. The summed E-state index contributed by atoms with van der Waals surface area (Å²) in [4.78, 5) is 20.5. The summed E-state index contributed by atoms with van der Waals surface area (Å²) < 4.78 is 25.9. The van der Waals surface area contributed by atoms with Gasteiger partial charge in [-0.2, -0.15) is 0 Å². The maximum atomic E-state index is 13.0. The Balaban J connectivity index is 2.82. The van der Waals surface area contributed by atoms with Gasteiger partial charge in [-0.05, 0) is 12.5 Å². The van der Waals surface area contributed by atoms with Crippen LogP contribution in [0.1, 0.15) is 18.9 Å². The lowest BCUT2D eigenvalue weighted by molar-refractivity contribution is -0.385. The number of hydrogen-bond acceptors (Lipinski definition) is 3. The molecule has 0 heterocycles. The molecular weight excluding hydrogens is 258 g/mol. The van der Waals surface area contributed by atoms with Crippen LogP contribution in [0.25, 0.3) is 6.08 Å². The molecule has 0 aromatic heterocycles. The summed E-state index contributed by atoms with van der Waals surface area (Å²) in [6, 6.07) is 1.31. The summed E-state index contributed by atoms with van der Waals surface area (Å²) >= 11 is 0. The van der Waals surface area contributed by atoms with Gasteiger partial charge in [-0.3, -0.25) is 14.9 Å². The molecule has 7 heteroatoms. The first kappa shape index (κ1) is 14.7. The van der Waals surface area contributed by atoms with Crippen molar-refractivity contribution in [1.82, 2.24) is 5.32 Å². The van der Waals surface area contributed by atoms with Gasteiger partial charge in [0.05, 0.1) is 16.6 Å². The van der Waals surface area contributed by atoms with Gasteiger partial charge in [0.1, 0.15) is 0 Å². The number of amides is 1. The van der Waals surface area contributed by atoms with Crippen LogP contribution in [0.15, 0.2) is 18.2 Å². The summed E-state index contributed by atoms with van der Waals surface area (Å²) in [5.74, 6) is -2.60. The maximum Gasteiger partial charge on any atom is 0.279 e. The third-order valence-electron chi connectivity index (χ3n) is 2.25. The van der Waals surface area contributed by atoms with Gasteiger partial charge in [0.15, 0.2) is 11.6 Å². The first-order chi connectivity index (χ1) is 8.91. The molecule has 0 saturated heterocycles. The van der Waals surface area contributed by atoms with Gasteiger partial charge in [-0.25, -0.2) is 8.78 Å². The average molecular weight is 270 g/mol. The van der Waals surface area contributed by atoms with E-state index < -0.39 is 22.2 Å². The number of rotatable bonds is 5. The molecule has 0 fully saturated rings. The minimum atomic E-state index is -1.26. The fourth-order valence-electron chi connectivity index (χ4n) is 1.39. The number of halogens is 2. The highest BCUT2D eigenvalue weighted by Gasteiger charge is 2.16. The molecule has 1 aromatic rings. The van der Waals surface area contributed by atoms with E-state index in [0.29, 0.717) is 19.0 Å². The van der Waals surface area contributed by atoms with Crippen LogP contribution in [-0.4, -0.2) is 17.4 Å². The van der Waals surface area contributed by atoms with Crippen LogP contribution in [-0.2, 0) is 4.79 Å². The Morgan fingerprint density at radius 2 is 2.05 bits per heavy atom. The zero-order valence-corrected chi connectivity index (χ0v) is 10.2. The second-order valence-electron chi connectivity index (χ2n) is 3.76. The average Bonchev–Trinajstić information content (AvgIpc) is 2.32. The molecule has 0 atom stereocenters. The molecule has 0 aliphatic heterocycles. The number of benzene rings is 1. The SMILES string of the molecule is CC(=O)NCCC=Cc1cc(F)c(F)cc1[N+](=O)[O-]. The lowest BCUT2D eigenvalue weighted by atomic mass is 10.1. The predicted molar refractivity (Wildman–Crippen MR) is 65.3 cm³/mol. The van der Waals surface area contributed by atoms with Crippen molar-refractivity contribution in [1.29, 1.82) is 0 Å². The van der Waals surface area contributed by atoms with Gasteiger partial charge < -0.3 is 5.32 Å². The molecule has 1 aromatic carbocycles. The van der Waals surface area contributed by atoms with Gasteiger partial charge in [0.2, 0.25) is 5.91 Å². The molecule has 5 nitrogen and oxygen atoms in total. The van der Waals surface area contributed by atoms with E-state index >= 15 is 0 Å². The van der Waals surface area contributed by atoms with Crippen LogP contribution in [0, 0.1) is 21.7 Å². The Labute approximate surface area is 108 Å². The quantitative estimate of drug-likeness (QED) is 0.507. The Kier molecular flexibility index (Phi) is 5.11. The maximum absolute atomic E-state index is 13.0. The summed E-state index contributed by atoms with van der Waals surface area (Å²) in [5.41, 5.74) is -0.526. The van der Waals surface area contributed by atoms with Gasteiger partial charge in [-0.1, -0.05) is 12.2 Å². The van der Waals surface area contributed by atoms with E-state index in [0.717, 1.165) is 6.07 Å². The van der Waals surface area contributed by atoms with Crippen molar-refractivity contribution in [2.45, 2.75) is 13.3 Å². The van der Waals surface area contributed by atoms with Crippen molar-refractivity contribution < 1.29 is 18.5 Å². The van der Waals surface area contributed by atoms with Crippen LogP contribution in [0.2, 0.25) is 0 Å². The summed E-state index contributed by atoms with van der Waals surface area (Å²) in [5, 5.41) is 13.2. The second-order valence-corrected chi connectivity index (χ2v) is 3.76. The van der Waals surface area contributed by atoms with Gasteiger partial charge >= 0.3 is 0 Å². The monoisotopic (exact) mass is 270 g/mol. The highest BCUT2D eigenvalue weighted by molar-refractivity contribution is 5.72. The standard InChI is InChI=1S/C12H12F2N2O3/c1-8(17)15-5-3-2-4-9-6-10(13)11(14)7-12(9)16(18)19/h2,4,6-7H,3,5H2,1H3,(H,15,17). The van der Waals surface area contributed by atoms with E-state index in [-0.39, 0.29) is 11.5 Å². The van der Waals surface area contributed by atoms with E-state index in [2.05, 4.69) is 5.32 Å². The minimum Gasteiger partial charge on any atom is -0.356 e. The molecule has 0 spiro atoms. The van der Waals surface area contributed by atoms with E-state index in [1.54, 1.807) is 0 Å². The molecule has 19 heavy (non-hydrogen) atoms. The highest BCUT2D eigenvalue weighted by atomic mass is 19.2. The molecule has 0 unspecified atom stereocenters. The third-order valence-corrected chi connectivity index (χ3v) is 2.25. The fraction of sp³-hybridized carbons (Fsp3) is 0.250. The number of nitrogens with zero attached hydrogens (tertiary/aromatic N) is 1. The van der Waals surface area contributed by atoms with Crippen molar-refractivity contribution in [2.75, 3.05) is 6.54 Å². The minimum absolute atomic E-state index is 0.0216. The third kappa shape index (κ3) is 4.46. The van der Waals surface area contributed by atoms with Crippen molar-refractivity contribution in [3.8, 4) is 0 Å². The molecule has 1 N–H and O–H groups in total. The fourth-order valence-corrected chi connectivity index (χ4v) is 1.39. The molecule has 0 bridgehead atoms. The topological polar surface area (TPSA) is 72.2 Å². The van der Waals surface area contributed by atoms with Crippen LogP contribution in [0.3, 0.4) is 0 Å². The summed E-state index contributed by atoms with van der Waals surface area (Å²) in [7, 11) is 0. The van der Waals surface area contributed by atoms with Gasteiger partial charge in [0, 0.05) is 13.5 Å². The number of nitrogens with one attached hydrogen (secondary N) is 1. The molecule has 102 valence electrons. The predicted octanol–water partition coefficient (Wildman–Crippen LogP) is 2.41. The summed E-state index contributed by atoms with van der Waals surface area (Å²) in [6.07, 6.45) is 3.29. The Bertz CT molecular complexity index is 530. The first-order valence-corrected chi connectivity index (χ1v) is 5.46. The van der Waals surface area contributed by atoms with E-state index in [9.17, 15) is 23.7 Å². The Hall–Kier alpha value is -2.31. The van der Waals surface area contributed by atoms with Crippen molar-refractivity contribution in [2.24, 2.45) is 0 Å². The molecule has 1 rings (SSSR count). The number of hydrogen-bond donors (Lipinski definition) is 1. The van der Waals surface area contributed by atoms with Crippen LogP contribution in [0.5, 0.6) is 0 Å². The van der Waals surface area contributed by atoms with Crippen molar-refractivity contribution in [3.63, 3.8) is 0 Å². The Morgan fingerprint density at radius 3 is 2.63 bits per heavy atom. The number of nitro groups is 1. The highest BCUT2D eigenvalue weighted by Crippen LogP contribution is 2.23. The summed E-state index contributed by atoms with van der Waals surface area (Å²) in [6.45, 7) is 1.73. The Morgan fingerprint density at radius 1 is 1.42 bits per heavy atom. The normalized spacial score (nSPS) is 10.7. The molecule has 0 saturated carbocycles. The van der Waals surface area contributed by atoms with Crippen LogP contribution in [0.4, 0.5) is 14.5 Å². The molecule has 0 aliphatic rings. The molecule has 1 amide bonds. The number of carbonyl (C=O) groups is 1.